The molecule has 16 heavy (non-hydrogen) atoms. The molecule has 1 aliphatic rings. The van der Waals surface area contributed by atoms with Crippen molar-refractivity contribution in [2.75, 3.05) is 0 Å². The van der Waals surface area contributed by atoms with Crippen molar-refractivity contribution in [3.05, 3.63) is 46.7 Å². The van der Waals surface area contributed by atoms with Crippen molar-refractivity contribution in [3.8, 4) is 5.69 Å². The van der Waals surface area contributed by atoms with E-state index in [0.717, 1.165) is 12.8 Å². The maximum Gasteiger partial charge on any atom is 0.260 e. The summed E-state index contributed by atoms with van der Waals surface area (Å²) in [6.07, 6.45) is 6.93. The van der Waals surface area contributed by atoms with Crippen LogP contribution < -0.4 is 3.96 Å². The van der Waals surface area contributed by atoms with Gasteiger partial charge >= 0.3 is 0 Å². The average molecular weight is 234 g/mol. The Kier molecular flexibility index (Phi) is 2.48. The van der Waals surface area contributed by atoms with E-state index in [9.17, 15) is 4.39 Å². The fourth-order valence-corrected chi connectivity index (χ4v) is 3.35. The number of benzene rings is 1. The van der Waals surface area contributed by atoms with E-state index >= 15 is 0 Å². The van der Waals surface area contributed by atoms with Crippen molar-refractivity contribution in [1.29, 1.82) is 0 Å². The van der Waals surface area contributed by atoms with E-state index in [-0.39, 0.29) is 5.82 Å². The summed E-state index contributed by atoms with van der Waals surface area (Å²) < 4.78 is 15.6. The van der Waals surface area contributed by atoms with Gasteiger partial charge in [-0.05, 0) is 31.7 Å². The number of nitrogens with zero attached hydrogens (tertiary/aromatic N) is 1. The highest BCUT2D eigenvalue weighted by Gasteiger charge is 2.22. The predicted molar refractivity (Wildman–Crippen MR) is 62.5 cm³/mol. The third-order valence-electron chi connectivity index (χ3n) is 3.03. The van der Waals surface area contributed by atoms with Gasteiger partial charge in [-0.1, -0.05) is 16.1 Å². The molecule has 1 aliphatic carbocycles. The number of fused-ring (bicyclic) bond motifs is 1. The van der Waals surface area contributed by atoms with E-state index in [1.54, 1.807) is 17.6 Å². The highest BCUT2D eigenvalue weighted by Crippen LogP contribution is 2.24. The molecule has 1 aromatic heterocycles. The molecule has 0 radical (unpaired) electrons. The maximum absolute atomic E-state index is 13.6. The molecular formula is C13H13FNS+. The zero-order chi connectivity index (χ0) is 11.0. The second-order valence-electron chi connectivity index (χ2n) is 4.15. The summed E-state index contributed by atoms with van der Waals surface area (Å²) in [7, 11) is 0. The van der Waals surface area contributed by atoms with Gasteiger partial charge in [-0.25, -0.2) is 0 Å². The Labute approximate surface area is 98.3 Å². The minimum absolute atomic E-state index is 0.147. The third kappa shape index (κ3) is 1.65. The first-order valence-electron chi connectivity index (χ1n) is 5.63. The second kappa shape index (κ2) is 3.98. The SMILES string of the molecule is Fc1ccccc1-[n+]1cc2c(s1)CCCC2. The molecule has 0 aliphatic heterocycles. The average Bonchev–Trinajstić information content (AvgIpc) is 2.73. The van der Waals surface area contributed by atoms with Crippen molar-refractivity contribution < 1.29 is 8.35 Å². The van der Waals surface area contributed by atoms with Crippen LogP contribution in [0.5, 0.6) is 0 Å². The van der Waals surface area contributed by atoms with Crippen LogP contribution in [-0.2, 0) is 12.8 Å². The largest absolute Gasteiger partial charge is 0.260 e. The summed E-state index contributed by atoms with van der Waals surface area (Å²) in [6.45, 7) is 0. The molecule has 2 aromatic rings. The van der Waals surface area contributed by atoms with Crippen LogP contribution in [0.3, 0.4) is 0 Å². The Morgan fingerprint density at radius 1 is 1.12 bits per heavy atom. The van der Waals surface area contributed by atoms with Gasteiger partial charge in [-0.2, -0.15) is 4.39 Å². The summed E-state index contributed by atoms with van der Waals surface area (Å²) >= 11 is 1.68. The lowest BCUT2D eigenvalue weighted by Gasteiger charge is -2.04. The topological polar surface area (TPSA) is 3.88 Å². The van der Waals surface area contributed by atoms with Gasteiger partial charge in [0, 0.05) is 11.6 Å². The van der Waals surface area contributed by atoms with Gasteiger partial charge < -0.3 is 0 Å². The molecule has 0 atom stereocenters. The van der Waals surface area contributed by atoms with E-state index < -0.39 is 0 Å². The summed E-state index contributed by atoms with van der Waals surface area (Å²) in [5.41, 5.74) is 2.07. The van der Waals surface area contributed by atoms with Gasteiger partial charge in [0.1, 0.15) is 11.5 Å². The van der Waals surface area contributed by atoms with Crippen LogP contribution in [0.1, 0.15) is 23.3 Å². The molecule has 3 heteroatoms. The fourth-order valence-electron chi connectivity index (χ4n) is 2.18. The van der Waals surface area contributed by atoms with E-state index in [4.69, 9.17) is 0 Å². The fraction of sp³-hybridized carbons (Fsp3) is 0.308. The minimum Gasteiger partial charge on any atom is -0.200 e. The van der Waals surface area contributed by atoms with Crippen molar-refractivity contribution in [2.45, 2.75) is 25.7 Å². The van der Waals surface area contributed by atoms with Gasteiger partial charge in [-0.3, -0.25) is 0 Å². The highest BCUT2D eigenvalue weighted by molar-refractivity contribution is 7.02. The highest BCUT2D eigenvalue weighted by atomic mass is 32.1. The molecule has 0 N–H and O–H groups in total. The van der Waals surface area contributed by atoms with Crippen LogP contribution in [0.4, 0.5) is 4.39 Å². The lowest BCUT2D eigenvalue weighted by molar-refractivity contribution is -0.522. The Balaban J connectivity index is 2.07. The van der Waals surface area contributed by atoms with Crippen LogP contribution in [0, 0.1) is 5.82 Å². The molecule has 0 saturated carbocycles. The molecule has 3 rings (SSSR count). The first-order valence-corrected chi connectivity index (χ1v) is 6.40. The zero-order valence-electron chi connectivity index (χ0n) is 8.95. The molecule has 0 unspecified atom stereocenters. The first kappa shape index (κ1) is 9.97. The Morgan fingerprint density at radius 2 is 1.94 bits per heavy atom. The van der Waals surface area contributed by atoms with Crippen molar-refractivity contribution in [3.63, 3.8) is 0 Å². The number of hydrogen-bond donors (Lipinski definition) is 0. The molecule has 1 heterocycles. The van der Waals surface area contributed by atoms with Crippen molar-refractivity contribution >= 4 is 11.5 Å². The maximum atomic E-state index is 13.6. The molecule has 0 amide bonds. The minimum atomic E-state index is -0.147. The summed E-state index contributed by atoms with van der Waals surface area (Å²) in [4.78, 5) is 1.43. The summed E-state index contributed by atoms with van der Waals surface area (Å²) in [5, 5.41) is 0. The van der Waals surface area contributed by atoms with Crippen molar-refractivity contribution in [2.24, 2.45) is 0 Å². The first-order chi connectivity index (χ1) is 7.84. The molecule has 0 spiro atoms. The molecule has 0 bridgehead atoms. The summed E-state index contributed by atoms with van der Waals surface area (Å²) in [6, 6.07) is 6.95. The Morgan fingerprint density at radius 3 is 2.75 bits per heavy atom. The number of rotatable bonds is 1. The third-order valence-corrected chi connectivity index (χ3v) is 4.22. The van der Waals surface area contributed by atoms with Crippen LogP contribution in [0.25, 0.3) is 5.69 Å². The van der Waals surface area contributed by atoms with E-state index in [0.29, 0.717) is 5.69 Å². The number of hydrogen-bond acceptors (Lipinski definition) is 1. The van der Waals surface area contributed by atoms with Gasteiger partial charge in [0.2, 0.25) is 0 Å². The van der Waals surface area contributed by atoms with Gasteiger partial charge in [0.05, 0.1) is 4.88 Å². The van der Waals surface area contributed by atoms with Crippen LogP contribution in [0.15, 0.2) is 30.5 Å². The molecule has 82 valence electrons. The lowest BCUT2D eigenvalue weighted by atomic mass is 10.0. The predicted octanol–water partition coefficient (Wildman–Crippen LogP) is 3.04. The second-order valence-corrected chi connectivity index (χ2v) is 5.22. The van der Waals surface area contributed by atoms with E-state index in [1.807, 2.05) is 16.1 Å². The summed E-state index contributed by atoms with van der Waals surface area (Å²) in [5.74, 6) is -0.147. The lowest BCUT2D eigenvalue weighted by Crippen LogP contribution is -2.25. The number of aryl methyl sites for hydroxylation is 2. The normalized spacial score (nSPS) is 14.8. The van der Waals surface area contributed by atoms with E-state index in [1.165, 1.54) is 29.3 Å². The molecule has 0 saturated heterocycles. The molecule has 1 aromatic carbocycles. The number of para-hydroxylation sites is 1. The number of halogens is 1. The smallest absolute Gasteiger partial charge is 0.200 e. The van der Waals surface area contributed by atoms with Gasteiger partial charge in [0.25, 0.3) is 5.69 Å². The number of aromatic nitrogens is 1. The molecule has 0 fully saturated rings. The van der Waals surface area contributed by atoms with Crippen LogP contribution in [-0.4, -0.2) is 0 Å². The van der Waals surface area contributed by atoms with Gasteiger partial charge in [0.15, 0.2) is 12.0 Å². The van der Waals surface area contributed by atoms with Crippen LogP contribution in [0.2, 0.25) is 0 Å². The quantitative estimate of drug-likeness (QED) is 0.668. The van der Waals surface area contributed by atoms with Crippen LogP contribution >= 0.6 is 11.5 Å². The Bertz CT molecular complexity index is 495. The van der Waals surface area contributed by atoms with E-state index in [2.05, 4.69) is 6.20 Å². The monoisotopic (exact) mass is 234 g/mol. The molecular weight excluding hydrogens is 221 g/mol. The standard InChI is InChI=1S/C13H13FNS/c14-11-6-2-3-7-12(11)15-9-10-5-1-4-8-13(10)16-15/h2-3,6-7,9H,1,4-5,8H2/q+1. The molecule has 1 nitrogen and oxygen atoms in total. The zero-order valence-corrected chi connectivity index (χ0v) is 9.77. The van der Waals surface area contributed by atoms with Gasteiger partial charge in [-0.15, -0.1) is 0 Å². The van der Waals surface area contributed by atoms with Crippen molar-refractivity contribution in [1.82, 2.24) is 0 Å². The Hall–Kier alpha value is -1.22.